The summed E-state index contributed by atoms with van der Waals surface area (Å²) in [5, 5.41) is 6.53. The molecule has 0 saturated heterocycles. The number of anilines is 1. The van der Waals surface area contributed by atoms with Crippen LogP contribution in [0.1, 0.15) is 56.2 Å². The van der Waals surface area contributed by atoms with Gasteiger partial charge >= 0.3 is 0 Å². The molecule has 0 spiro atoms. The zero-order chi connectivity index (χ0) is 25.8. The van der Waals surface area contributed by atoms with Crippen LogP contribution in [0.3, 0.4) is 0 Å². The Kier molecular flexibility index (Phi) is 7.54. The molecule has 192 valence electrons. The second-order valence-corrected chi connectivity index (χ2v) is 10.4. The van der Waals surface area contributed by atoms with E-state index in [0.717, 1.165) is 28.2 Å². The first-order chi connectivity index (χ1) is 18.0. The van der Waals surface area contributed by atoms with Gasteiger partial charge in [0.25, 0.3) is 0 Å². The van der Waals surface area contributed by atoms with Crippen molar-refractivity contribution >= 4 is 17.5 Å². The van der Waals surface area contributed by atoms with Gasteiger partial charge in [-0.25, -0.2) is 0 Å². The fourth-order valence-electron chi connectivity index (χ4n) is 5.81. The molecule has 3 aliphatic rings. The number of nitrogens with zero attached hydrogens (tertiary/aromatic N) is 2. The fourth-order valence-corrected chi connectivity index (χ4v) is 5.81. The van der Waals surface area contributed by atoms with E-state index in [4.69, 9.17) is 0 Å². The predicted molar refractivity (Wildman–Crippen MR) is 147 cm³/mol. The Morgan fingerprint density at radius 1 is 1.08 bits per heavy atom. The van der Waals surface area contributed by atoms with Gasteiger partial charge in [-0.2, -0.15) is 0 Å². The van der Waals surface area contributed by atoms with Crippen molar-refractivity contribution in [3.05, 3.63) is 95.5 Å². The molecule has 2 heterocycles. The van der Waals surface area contributed by atoms with Crippen LogP contribution in [-0.2, 0) is 16.0 Å². The van der Waals surface area contributed by atoms with E-state index < -0.39 is 6.04 Å². The van der Waals surface area contributed by atoms with Crippen molar-refractivity contribution in [3.63, 3.8) is 0 Å². The zero-order valence-corrected chi connectivity index (χ0v) is 21.7. The predicted octanol–water partition coefficient (Wildman–Crippen LogP) is 4.81. The minimum Gasteiger partial charge on any atom is -0.381 e. The minimum absolute atomic E-state index is 0.142. The molecule has 6 nitrogen and oxygen atoms in total. The van der Waals surface area contributed by atoms with E-state index in [9.17, 15) is 9.59 Å². The summed E-state index contributed by atoms with van der Waals surface area (Å²) in [4.78, 5) is 33.3. The van der Waals surface area contributed by atoms with Gasteiger partial charge in [-0.15, -0.1) is 0 Å². The van der Waals surface area contributed by atoms with E-state index in [1.54, 1.807) is 18.1 Å². The van der Waals surface area contributed by atoms with E-state index >= 15 is 0 Å². The monoisotopic (exact) mass is 496 g/mol. The number of benzene rings is 1. The molecule has 3 atom stereocenters. The lowest BCUT2D eigenvalue weighted by atomic mass is 9.89. The maximum atomic E-state index is 13.7. The topological polar surface area (TPSA) is 74.3 Å². The average Bonchev–Trinajstić information content (AvgIpc) is 3.57. The highest BCUT2D eigenvalue weighted by Crippen LogP contribution is 2.34. The van der Waals surface area contributed by atoms with Crippen LogP contribution in [0.25, 0.3) is 0 Å². The number of allylic oxidation sites excluding steroid dienone is 3. The van der Waals surface area contributed by atoms with Crippen LogP contribution in [0.2, 0.25) is 0 Å². The molecule has 1 aromatic heterocycles. The van der Waals surface area contributed by atoms with Gasteiger partial charge in [0.15, 0.2) is 0 Å². The summed E-state index contributed by atoms with van der Waals surface area (Å²) in [6.45, 7) is 2.02. The summed E-state index contributed by atoms with van der Waals surface area (Å²) < 4.78 is 0. The molecular weight excluding hydrogens is 460 g/mol. The first-order valence-electron chi connectivity index (χ1n) is 13.4. The largest absolute Gasteiger partial charge is 0.381 e. The third-order valence-electron chi connectivity index (χ3n) is 7.93. The number of nitrogens with one attached hydrogen (secondary N) is 2. The molecule has 2 aliphatic carbocycles. The van der Waals surface area contributed by atoms with Crippen LogP contribution in [0.5, 0.6) is 0 Å². The quantitative estimate of drug-likeness (QED) is 0.550. The number of likely N-dealkylation sites (N-methyl/N-ethyl adjacent to an activating group) is 1. The molecule has 6 heteroatoms. The lowest BCUT2D eigenvalue weighted by Gasteiger charge is -2.25. The Morgan fingerprint density at radius 2 is 1.84 bits per heavy atom. The molecule has 1 saturated carbocycles. The minimum atomic E-state index is -0.678. The Hall–Kier alpha value is -3.67. The molecule has 1 aromatic carbocycles. The second-order valence-electron chi connectivity index (χ2n) is 10.4. The maximum Gasteiger partial charge on any atom is 0.249 e. The van der Waals surface area contributed by atoms with Gasteiger partial charge in [-0.05, 0) is 43.0 Å². The molecular formula is C31H36N4O2. The maximum absolute atomic E-state index is 13.7. The smallest absolute Gasteiger partial charge is 0.249 e. The van der Waals surface area contributed by atoms with Crippen LogP contribution in [0.4, 0.5) is 5.69 Å². The first kappa shape index (κ1) is 25.0. The molecule has 2 aromatic rings. The van der Waals surface area contributed by atoms with Crippen molar-refractivity contribution in [1.29, 1.82) is 0 Å². The summed E-state index contributed by atoms with van der Waals surface area (Å²) in [5.41, 5.74) is 4.96. The lowest BCUT2D eigenvalue weighted by Crippen LogP contribution is -2.49. The normalized spacial score (nSPS) is 21.5. The van der Waals surface area contributed by atoms with E-state index in [1.165, 1.54) is 25.7 Å². The molecule has 1 fully saturated rings. The highest BCUT2D eigenvalue weighted by atomic mass is 16.2. The number of hydrogen-bond acceptors (Lipinski definition) is 4. The molecule has 5 rings (SSSR count). The van der Waals surface area contributed by atoms with Gasteiger partial charge in [0.2, 0.25) is 11.8 Å². The van der Waals surface area contributed by atoms with Gasteiger partial charge in [0, 0.05) is 36.7 Å². The van der Waals surface area contributed by atoms with Crippen molar-refractivity contribution in [1.82, 2.24) is 15.6 Å². The van der Waals surface area contributed by atoms with E-state index in [-0.39, 0.29) is 30.2 Å². The highest BCUT2D eigenvalue weighted by Gasteiger charge is 2.33. The summed E-state index contributed by atoms with van der Waals surface area (Å²) >= 11 is 0. The van der Waals surface area contributed by atoms with Crippen LogP contribution >= 0.6 is 0 Å². The number of pyridine rings is 1. The van der Waals surface area contributed by atoms with Crippen LogP contribution < -0.4 is 15.5 Å². The van der Waals surface area contributed by atoms with Crippen molar-refractivity contribution in [2.24, 2.45) is 5.92 Å². The third kappa shape index (κ3) is 5.68. The first-order valence-corrected chi connectivity index (χ1v) is 13.4. The van der Waals surface area contributed by atoms with Crippen LogP contribution in [0.15, 0.2) is 84.2 Å². The average molecular weight is 497 g/mol. The van der Waals surface area contributed by atoms with Gasteiger partial charge in [-0.1, -0.05) is 67.5 Å². The number of carbonyl (C=O) groups excluding carboxylic acids is 2. The Balaban J connectivity index is 1.30. The lowest BCUT2D eigenvalue weighted by molar-refractivity contribution is -0.127. The highest BCUT2D eigenvalue weighted by molar-refractivity contribution is 5.99. The molecule has 2 amide bonds. The standard InChI is InChI=1S/C31H36N4O2/c1-21-26(25-14-8-9-15-28(25)33-21)19-30(36)34-29(18-22-10-4-3-5-11-22)31(37)35(2)24-16-17-27(32-20-24)23-12-6-7-13-23/h3-5,8-11,14-17,20,23,25,28-29,33H,6-7,12-13,18-19H2,1-2H3,(H,34,36)/t25?,28?,29-/m0/s1. The number of aromatic nitrogens is 1. The molecule has 0 radical (unpaired) electrons. The summed E-state index contributed by atoms with van der Waals surface area (Å²) in [7, 11) is 1.76. The Morgan fingerprint density at radius 3 is 2.57 bits per heavy atom. The van der Waals surface area contributed by atoms with Gasteiger partial charge in [0.05, 0.1) is 24.3 Å². The van der Waals surface area contributed by atoms with Crippen molar-refractivity contribution in [2.75, 3.05) is 11.9 Å². The van der Waals surface area contributed by atoms with Crippen molar-refractivity contribution < 1.29 is 9.59 Å². The van der Waals surface area contributed by atoms with E-state index in [0.29, 0.717) is 12.3 Å². The summed E-state index contributed by atoms with van der Waals surface area (Å²) in [5.74, 6) is 0.404. The van der Waals surface area contributed by atoms with Gasteiger partial charge < -0.3 is 15.5 Å². The van der Waals surface area contributed by atoms with Gasteiger partial charge in [0.1, 0.15) is 6.04 Å². The molecule has 2 N–H and O–H groups in total. The van der Waals surface area contributed by atoms with E-state index in [1.807, 2.05) is 61.5 Å². The van der Waals surface area contributed by atoms with E-state index in [2.05, 4.69) is 27.8 Å². The summed E-state index contributed by atoms with van der Waals surface area (Å²) in [6, 6.07) is 13.4. The fraction of sp³-hybridized carbons (Fsp3) is 0.387. The SMILES string of the molecule is CC1=C(CC(=O)N[C@@H](Cc2ccccc2)C(=O)N(C)c2ccc(C3CCCC3)nc2)C2C=CC=CC2N1. The number of carbonyl (C=O) groups is 2. The van der Waals surface area contributed by atoms with Crippen LogP contribution in [-0.4, -0.2) is 35.9 Å². The van der Waals surface area contributed by atoms with Crippen molar-refractivity contribution in [3.8, 4) is 0 Å². The molecule has 1 aliphatic heterocycles. The second kappa shape index (κ2) is 11.2. The number of amides is 2. The Bertz CT molecular complexity index is 1210. The third-order valence-corrected chi connectivity index (χ3v) is 7.93. The Labute approximate surface area is 219 Å². The van der Waals surface area contributed by atoms with Crippen LogP contribution in [0, 0.1) is 5.92 Å². The summed E-state index contributed by atoms with van der Waals surface area (Å²) in [6.07, 6.45) is 15.7. The molecule has 2 unspecified atom stereocenters. The van der Waals surface area contributed by atoms with Crippen molar-refractivity contribution in [2.45, 2.75) is 63.5 Å². The molecule has 0 bridgehead atoms. The number of hydrogen-bond donors (Lipinski definition) is 2. The zero-order valence-electron chi connectivity index (χ0n) is 21.7. The van der Waals surface area contributed by atoms with Gasteiger partial charge in [-0.3, -0.25) is 14.6 Å². The number of fused-ring (bicyclic) bond motifs is 1. The molecule has 37 heavy (non-hydrogen) atoms. The number of rotatable bonds is 8.